The third kappa shape index (κ3) is 3.97. The van der Waals surface area contributed by atoms with E-state index >= 15 is 0 Å². The minimum atomic E-state index is -0.415. The Kier molecular flexibility index (Phi) is 6.10. The summed E-state index contributed by atoms with van der Waals surface area (Å²) in [5.41, 5.74) is 0. The molecule has 1 fully saturated rings. The first-order valence-electron chi connectivity index (χ1n) is 6.68. The maximum atomic E-state index is 12.1. The number of rotatable bonds is 5. The van der Waals surface area contributed by atoms with Gasteiger partial charge < -0.3 is 10.1 Å². The number of hydrogen-bond acceptors (Lipinski definition) is 4. The summed E-state index contributed by atoms with van der Waals surface area (Å²) in [4.78, 5) is 14.1. The molecule has 0 bridgehead atoms. The molecule has 18 heavy (non-hydrogen) atoms. The van der Waals surface area contributed by atoms with Crippen LogP contribution in [0.25, 0.3) is 0 Å². The average Bonchev–Trinajstić information content (AvgIpc) is 2.43. The highest BCUT2D eigenvalue weighted by atomic mass is 16.5. The molecule has 5 nitrogen and oxygen atoms in total. The Bertz CT molecular complexity index is 310. The van der Waals surface area contributed by atoms with E-state index < -0.39 is 6.10 Å². The number of hydrogen-bond donors (Lipinski definition) is 1. The Hall–Kier alpha value is -1.12. The molecule has 0 saturated carbocycles. The van der Waals surface area contributed by atoms with Crippen LogP contribution in [0.4, 0.5) is 0 Å². The number of nitriles is 1. The summed E-state index contributed by atoms with van der Waals surface area (Å²) >= 11 is 0. The van der Waals surface area contributed by atoms with Gasteiger partial charge in [-0.3, -0.25) is 9.69 Å². The molecule has 1 aliphatic rings. The molecule has 5 heteroatoms. The van der Waals surface area contributed by atoms with Crippen LogP contribution in [-0.4, -0.2) is 48.7 Å². The Balaban J connectivity index is 2.50. The van der Waals surface area contributed by atoms with Crippen LogP contribution in [0.2, 0.25) is 0 Å². The van der Waals surface area contributed by atoms with Crippen molar-refractivity contribution in [3.63, 3.8) is 0 Å². The number of carbonyl (C=O) groups is 1. The minimum absolute atomic E-state index is 0.0438. The Morgan fingerprint density at radius 3 is 2.78 bits per heavy atom. The summed E-state index contributed by atoms with van der Waals surface area (Å²) in [6.07, 6.45) is 1.47. The second kappa shape index (κ2) is 7.34. The zero-order chi connectivity index (χ0) is 13.5. The summed E-state index contributed by atoms with van der Waals surface area (Å²) < 4.78 is 5.28. The fraction of sp³-hybridized carbons (Fsp3) is 0.846. The van der Waals surface area contributed by atoms with Gasteiger partial charge in [0.25, 0.3) is 0 Å². The molecule has 1 aliphatic heterocycles. The summed E-state index contributed by atoms with van der Waals surface area (Å²) in [6.45, 7) is 7.75. The molecule has 1 saturated heterocycles. The van der Waals surface area contributed by atoms with Gasteiger partial charge in [0.05, 0.1) is 18.7 Å². The quantitative estimate of drug-likeness (QED) is 0.790. The maximum Gasteiger partial charge on any atom is 0.237 e. The van der Waals surface area contributed by atoms with Crippen molar-refractivity contribution in [2.24, 2.45) is 0 Å². The molecule has 1 N–H and O–H groups in total. The predicted molar refractivity (Wildman–Crippen MR) is 68.9 cm³/mol. The zero-order valence-corrected chi connectivity index (χ0v) is 11.5. The first kappa shape index (κ1) is 14.9. The van der Waals surface area contributed by atoms with Gasteiger partial charge in [-0.15, -0.1) is 0 Å². The van der Waals surface area contributed by atoms with E-state index in [2.05, 4.69) is 25.2 Å². The molecule has 1 amide bonds. The van der Waals surface area contributed by atoms with Gasteiger partial charge in [-0.1, -0.05) is 13.8 Å². The van der Waals surface area contributed by atoms with Gasteiger partial charge in [-0.25, -0.2) is 0 Å². The molecule has 0 aromatic heterocycles. The zero-order valence-electron chi connectivity index (χ0n) is 11.5. The van der Waals surface area contributed by atoms with Crippen LogP contribution in [0.3, 0.4) is 0 Å². The molecule has 0 aromatic carbocycles. The number of carbonyl (C=O) groups excluding carboxylic acids is 1. The van der Waals surface area contributed by atoms with E-state index in [0.717, 1.165) is 12.8 Å². The van der Waals surface area contributed by atoms with Crippen molar-refractivity contribution in [1.29, 1.82) is 5.26 Å². The molecule has 0 aliphatic carbocycles. The third-order valence-corrected chi connectivity index (χ3v) is 3.50. The molecule has 2 unspecified atom stereocenters. The Morgan fingerprint density at radius 2 is 2.22 bits per heavy atom. The molecule has 1 rings (SSSR count). The van der Waals surface area contributed by atoms with Crippen molar-refractivity contribution in [2.75, 3.05) is 19.7 Å². The van der Waals surface area contributed by atoms with Gasteiger partial charge in [0.15, 0.2) is 6.10 Å². The van der Waals surface area contributed by atoms with Gasteiger partial charge in [-0.2, -0.15) is 5.26 Å². The SMILES string of the molecule is CCC(CC)NC(=O)C(C)N1CCOC(C#N)C1. The monoisotopic (exact) mass is 253 g/mol. The van der Waals surface area contributed by atoms with E-state index in [4.69, 9.17) is 10.00 Å². The van der Waals surface area contributed by atoms with Crippen molar-refractivity contribution < 1.29 is 9.53 Å². The van der Waals surface area contributed by atoms with E-state index in [0.29, 0.717) is 19.7 Å². The topological polar surface area (TPSA) is 65.4 Å². The molecular weight excluding hydrogens is 230 g/mol. The summed E-state index contributed by atoms with van der Waals surface area (Å²) in [7, 11) is 0. The van der Waals surface area contributed by atoms with Crippen molar-refractivity contribution >= 4 is 5.91 Å². The largest absolute Gasteiger partial charge is 0.361 e. The van der Waals surface area contributed by atoms with Crippen LogP contribution in [0, 0.1) is 11.3 Å². The normalized spacial score (nSPS) is 22.5. The number of nitrogens with one attached hydrogen (secondary N) is 1. The van der Waals surface area contributed by atoms with Gasteiger partial charge in [0.1, 0.15) is 0 Å². The predicted octanol–water partition coefficient (Wildman–Crippen LogP) is 0.904. The first-order valence-corrected chi connectivity index (χ1v) is 6.68. The number of amides is 1. The Labute approximate surface area is 109 Å². The van der Waals surface area contributed by atoms with Gasteiger partial charge in [-0.05, 0) is 19.8 Å². The lowest BCUT2D eigenvalue weighted by molar-refractivity contribution is -0.129. The number of ether oxygens (including phenoxy) is 1. The minimum Gasteiger partial charge on any atom is -0.361 e. The van der Waals surface area contributed by atoms with Crippen LogP contribution in [0.1, 0.15) is 33.6 Å². The average molecular weight is 253 g/mol. The number of morpholine rings is 1. The number of nitrogens with zero attached hydrogens (tertiary/aromatic N) is 2. The third-order valence-electron chi connectivity index (χ3n) is 3.50. The molecule has 0 spiro atoms. The van der Waals surface area contributed by atoms with Crippen molar-refractivity contribution in [3.8, 4) is 6.07 Å². The van der Waals surface area contributed by atoms with Gasteiger partial charge >= 0.3 is 0 Å². The molecular formula is C13H23N3O2. The van der Waals surface area contributed by atoms with E-state index in [1.165, 1.54) is 0 Å². The lowest BCUT2D eigenvalue weighted by atomic mass is 10.1. The lowest BCUT2D eigenvalue weighted by Crippen LogP contribution is -2.53. The fourth-order valence-corrected chi connectivity index (χ4v) is 2.08. The summed E-state index contributed by atoms with van der Waals surface area (Å²) in [5, 5.41) is 11.9. The van der Waals surface area contributed by atoms with Gasteiger partial charge in [0, 0.05) is 19.1 Å². The molecule has 102 valence electrons. The smallest absolute Gasteiger partial charge is 0.237 e. The van der Waals surface area contributed by atoms with E-state index in [9.17, 15) is 4.79 Å². The second-order valence-corrected chi connectivity index (χ2v) is 4.68. The highest BCUT2D eigenvalue weighted by Gasteiger charge is 2.28. The Morgan fingerprint density at radius 1 is 1.56 bits per heavy atom. The summed E-state index contributed by atoms with van der Waals surface area (Å²) in [6, 6.07) is 2.14. The van der Waals surface area contributed by atoms with Gasteiger partial charge in [0.2, 0.25) is 5.91 Å². The van der Waals surface area contributed by atoms with Crippen LogP contribution in [0.5, 0.6) is 0 Å². The molecule has 2 atom stereocenters. The highest BCUT2D eigenvalue weighted by molar-refractivity contribution is 5.81. The van der Waals surface area contributed by atoms with Crippen LogP contribution in [0.15, 0.2) is 0 Å². The second-order valence-electron chi connectivity index (χ2n) is 4.68. The first-order chi connectivity index (χ1) is 8.62. The van der Waals surface area contributed by atoms with Crippen molar-refractivity contribution in [2.45, 2.75) is 51.8 Å². The molecule has 1 heterocycles. The van der Waals surface area contributed by atoms with Crippen LogP contribution >= 0.6 is 0 Å². The van der Waals surface area contributed by atoms with E-state index in [1.807, 2.05) is 11.8 Å². The lowest BCUT2D eigenvalue weighted by Gasteiger charge is -2.34. The fourth-order valence-electron chi connectivity index (χ4n) is 2.08. The van der Waals surface area contributed by atoms with Crippen LogP contribution in [-0.2, 0) is 9.53 Å². The standard InChI is InChI=1S/C13H23N3O2/c1-4-11(5-2)15-13(17)10(3)16-6-7-18-12(8-14)9-16/h10-12H,4-7,9H2,1-3H3,(H,15,17). The van der Waals surface area contributed by atoms with E-state index in [1.54, 1.807) is 0 Å². The van der Waals surface area contributed by atoms with E-state index in [-0.39, 0.29) is 18.0 Å². The molecule has 0 aromatic rings. The maximum absolute atomic E-state index is 12.1. The highest BCUT2D eigenvalue weighted by Crippen LogP contribution is 2.09. The summed E-state index contributed by atoms with van der Waals surface area (Å²) in [5.74, 6) is 0.0438. The van der Waals surface area contributed by atoms with Crippen molar-refractivity contribution in [1.82, 2.24) is 10.2 Å². The van der Waals surface area contributed by atoms with Crippen LogP contribution < -0.4 is 5.32 Å². The molecule has 0 radical (unpaired) electrons. The van der Waals surface area contributed by atoms with Crippen molar-refractivity contribution in [3.05, 3.63) is 0 Å².